The van der Waals surface area contributed by atoms with Crippen LogP contribution in [0.15, 0.2) is 36.4 Å². The van der Waals surface area contributed by atoms with E-state index in [2.05, 4.69) is 24.4 Å². The molecule has 164 valence electrons. The van der Waals surface area contributed by atoms with E-state index in [0.717, 1.165) is 25.1 Å². The van der Waals surface area contributed by atoms with E-state index in [4.69, 9.17) is 9.84 Å². The van der Waals surface area contributed by atoms with Gasteiger partial charge in [-0.15, -0.1) is 0 Å². The summed E-state index contributed by atoms with van der Waals surface area (Å²) in [6.07, 6.45) is 16.4. The SMILES string of the molecule is CCCCCCCCC/C=C/CCCNc1ccc(C(=O)OCC(O)CO)cc1. The van der Waals surface area contributed by atoms with Crippen molar-refractivity contribution in [1.29, 1.82) is 0 Å². The first-order valence-corrected chi connectivity index (χ1v) is 11.1. The molecule has 29 heavy (non-hydrogen) atoms. The zero-order chi connectivity index (χ0) is 21.2. The summed E-state index contributed by atoms with van der Waals surface area (Å²) in [6.45, 7) is 2.51. The molecule has 5 nitrogen and oxygen atoms in total. The van der Waals surface area contributed by atoms with Gasteiger partial charge in [0, 0.05) is 12.2 Å². The number of aliphatic hydroxyl groups excluding tert-OH is 2. The topological polar surface area (TPSA) is 78.8 Å². The number of ether oxygens (including phenoxy) is 1. The first-order chi connectivity index (χ1) is 14.2. The highest BCUT2D eigenvalue weighted by Crippen LogP contribution is 2.12. The van der Waals surface area contributed by atoms with Gasteiger partial charge in [-0.1, -0.05) is 57.6 Å². The van der Waals surface area contributed by atoms with Gasteiger partial charge in [-0.2, -0.15) is 0 Å². The molecule has 1 atom stereocenters. The fourth-order valence-corrected chi connectivity index (χ4v) is 2.94. The number of anilines is 1. The molecule has 1 unspecified atom stereocenters. The lowest BCUT2D eigenvalue weighted by Gasteiger charge is -2.09. The number of carbonyl (C=O) groups is 1. The number of hydrogen-bond donors (Lipinski definition) is 3. The van der Waals surface area contributed by atoms with Crippen LogP contribution in [0.25, 0.3) is 0 Å². The zero-order valence-corrected chi connectivity index (χ0v) is 17.9. The van der Waals surface area contributed by atoms with Crippen molar-refractivity contribution >= 4 is 11.7 Å². The van der Waals surface area contributed by atoms with Crippen LogP contribution in [0.1, 0.15) is 81.5 Å². The molecule has 0 radical (unpaired) electrons. The molecule has 0 fully saturated rings. The van der Waals surface area contributed by atoms with Crippen LogP contribution >= 0.6 is 0 Å². The zero-order valence-electron chi connectivity index (χ0n) is 17.9. The minimum absolute atomic E-state index is 0.207. The van der Waals surface area contributed by atoms with Crippen molar-refractivity contribution in [3.63, 3.8) is 0 Å². The van der Waals surface area contributed by atoms with Crippen molar-refractivity contribution in [2.45, 2.75) is 77.2 Å². The number of unbranched alkanes of at least 4 members (excludes halogenated alkanes) is 8. The average Bonchev–Trinajstić information content (AvgIpc) is 2.75. The predicted octanol–water partition coefficient (Wildman–Crippen LogP) is 5.09. The Morgan fingerprint density at radius 2 is 1.62 bits per heavy atom. The summed E-state index contributed by atoms with van der Waals surface area (Å²) in [7, 11) is 0. The van der Waals surface area contributed by atoms with Crippen molar-refractivity contribution in [3.05, 3.63) is 42.0 Å². The van der Waals surface area contributed by atoms with E-state index >= 15 is 0 Å². The van der Waals surface area contributed by atoms with Crippen LogP contribution in [0.5, 0.6) is 0 Å². The second kappa shape index (κ2) is 17.0. The van der Waals surface area contributed by atoms with Gasteiger partial charge in [-0.3, -0.25) is 0 Å². The fourth-order valence-electron chi connectivity index (χ4n) is 2.94. The van der Waals surface area contributed by atoms with E-state index in [0.29, 0.717) is 5.56 Å². The molecule has 1 aromatic rings. The number of allylic oxidation sites excluding steroid dienone is 2. The van der Waals surface area contributed by atoms with Gasteiger partial charge in [0.2, 0.25) is 0 Å². The number of aliphatic hydroxyl groups is 2. The molecule has 0 saturated heterocycles. The molecule has 1 rings (SSSR count). The molecule has 0 spiro atoms. The Morgan fingerprint density at radius 1 is 1.00 bits per heavy atom. The monoisotopic (exact) mass is 405 g/mol. The van der Waals surface area contributed by atoms with Gasteiger partial charge in [-0.25, -0.2) is 4.79 Å². The molecular weight excluding hydrogens is 366 g/mol. The molecule has 3 N–H and O–H groups in total. The van der Waals surface area contributed by atoms with Crippen LogP contribution in [0.2, 0.25) is 0 Å². The van der Waals surface area contributed by atoms with E-state index in [1.165, 1.54) is 51.4 Å². The molecule has 0 saturated carbocycles. The molecule has 1 aromatic carbocycles. The van der Waals surface area contributed by atoms with E-state index < -0.39 is 18.7 Å². The number of hydrogen-bond acceptors (Lipinski definition) is 5. The Morgan fingerprint density at radius 3 is 2.28 bits per heavy atom. The number of rotatable bonds is 17. The highest BCUT2D eigenvalue weighted by Gasteiger charge is 2.10. The number of esters is 1. The Bertz CT molecular complexity index is 557. The maximum atomic E-state index is 11.8. The first kappa shape index (κ1) is 25.2. The number of nitrogens with one attached hydrogen (secondary N) is 1. The van der Waals surface area contributed by atoms with Crippen molar-refractivity contribution < 1.29 is 19.7 Å². The molecular formula is C24H39NO4. The molecule has 0 aromatic heterocycles. The second-order valence-electron chi connectivity index (χ2n) is 7.46. The van der Waals surface area contributed by atoms with Crippen LogP contribution in [0, 0.1) is 0 Å². The first-order valence-electron chi connectivity index (χ1n) is 11.1. The lowest BCUT2D eigenvalue weighted by atomic mass is 10.1. The molecule has 0 bridgehead atoms. The van der Waals surface area contributed by atoms with Crippen LogP contribution in [0.3, 0.4) is 0 Å². The van der Waals surface area contributed by atoms with E-state index in [1.54, 1.807) is 12.1 Å². The molecule has 0 aliphatic heterocycles. The lowest BCUT2D eigenvalue weighted by molar-refractivity contribution is 0.00933. The third kappa shape index (κ3) is 13.1. The lowest BCUT2D eigenvalue weighted by Crippen LogP contribution is -2.21. The summed E-state index contributed by atoms with van der Waals surface area (Å²) in [4.78, 5) is 11.8. The van der Waals surface area contributed by atoms with Gasteiger partial charge < -0.3 is 20.3 Å². The molecule has 0 heterocycles. The van der Waals surface area contributed by atoms with Crippen molar-refractivity contribution in [1.82, 2.24) is 0 Å². The number of benzene rings is 1. The van der Waals surface area contributed by atoms with Gasteiger partial charge >= 0.3 is 5.97 Å². The molecule has 0 aliphatic rings. The van der Waals surface area contributed by atoms with Crippen molar-refractivity contribution in [3.8, 4) is 0 Å². The smallest absolute Gasteiger partial charge is 0.338 e. The van der Waals surface area contributed by atoms with Crippen LogP contribution in [-0.2, 0) is 4.74 Å². The van der Waals surface area contributed by atoms with Gasteiger partial charge in [-0.05, 0) is 49.9 Å². The standard InChI is InChI=1S/C24H39NO4/c1-2-3-4-5-6-7-8-9-10-11-12-13-18-25-22-16-14-21(15-17-22)24(28)29-20-23(27)19-26/h10-11,14-17,23,25-27H,2-9,12-13,18-20H2,1H3/b11-10+. The Balaban J connectivity index is 2.06. The van der Waals surface area contributed by atoms with Gasteiger partial charge in [0.1, 0.15) is 12.7 Å². The third-order valence-electron chi connectivity index (χ3n) is 4.76. The van der Waals surface area contributed by atoms with Gasteiger partial charge in [0.15, 0.2) is 0 Å². The third-order valence-corrected chi connectivity index (χ3v) is 4.76. The fraction of sp³-hybridized carbons (Fsp3) is 0.625. The summed E-state index contributed by atoms with van der Waals surface area (Å²) >= 11 is 0. The summed E-state index contributed by atoms with van der Waals surface area (Å²) < 4.78 is 4.93. The minimum atomic E-state index is -1.04. The van der Waals surface area contributed by atoms with Gasteiger partial charge in [0.05, 0.1) is 12.2 Å². The van der Waals surface area contributed by atoms with Crippen molar-refractivity contribution in [2.75, 3.05) is 25.1 Å². The second-order valence-corrected chi connectivity index (χ2v) is 7.46. The van der Waals surface area contributed by atoms with Crippen LogP contribution in [0.4, 0.5) is 5.69 Å². The van der Waals surface area contributed by atoms with Crippen LogP contribution < -0.4 is 5.32 Å². The summed E-state index contributed by atoms with van der Waals surface area (Å²) in [5, 5.41) is 21.3. The van der Waals surface area contributed by atoms with E-state index in [9.17, 15) is 9.90 Å². The predicted molar refractivity (Wildman–Crippen MR) is 119 cm³/mol. The highest BCUT2D eigenvalue weighted by atomic mass is 16.5. The maximum absolute atomic E-state index is 11.8. The summed E-state index contributed by atoms with van der Waals surface area (Å²) in [5.41, 5.74) is 1.39. The quantitative estimate of drug-likeness (QED) is 0.191. The maximum Gasteiger partial charge on any atom is 0.338 e. The largest absolute Gasteiger partial charge is 0.459 e. The normalized spacial score (nSPS) is 12.2. The van der Waals surface area contributed by atoms with E-state index in [1.807, 2.05) is 12.1 Å². The summed E-state index contributed by atoms with van der Waals surface area (Å²) in [5.74, 6) is -0.504. The Kier molecular flexibility index (Phi) is 14.8. The summed E-state index contributed by atoms with van der Waals surface area (Å²) in [6, 6.07) is 7.07. The van der Waals surface area contributed by atoms with Gasteiger partial charge in [0.25, 0.3) is 0 Å². The highest BCUT2D eigenvalue weighted by molar-refractivity contribution is 5.89. The Labute approximate surface area is 176 Å². The molecule has 0 amide bonds. The molecule has 5 heteroatoms. The Hall–Kier alpha value is -1.85. The molecule has 0 aliphatic carbocycles. The number of carbonyl (C=O) groups excluding carboxylic acids is 1. The van der Waals surface area contributed by atoms with Crippen LogP contribution in [-0.4, -0.2) is 42.0 Å². The average molecular weight is 406 g/mol. The van der Waals surface area contributed by atoms with Crippen molar-refractivity contribution in [2.24, 2.45) is 0 Å². The minimum Gasteiger partial charge on any atom is -0.459 e. The van der Waals surface area contributed by atoms with E-state index in [-0.39, 0.29) is 6.61 Å².